The van der Waals surface area contributed by atoms with Crippen molar-refractivity contribution in [2.75, 3.05) is 13.1 Å². The maximum atomic E-state index is 11.2. The van der Waals surface area contributed by atoms with Crippen molar-refractivity contribution in [3.8, 4) is 0 Å². The number of halogens is 1. The van der Waals surface area contributed by atoms with E-state index in [1.165, 1.54) is 0 Å². The first-order valence-corrected chi connectivity index (χ1v) is 7.91. The zero-order valence-electron chi connectivity index (χ0n) is 11.7. The van der Waals surface area contributed by atoms with Crippen LogP contribution in [0.2, 0.25) is 0 Å². The summed E-state index contributed by atoms with van der Waals surface area (Å²) in [6.45, 7) is 7.46. The summed E-state index contributed by atoms with van der Waals surface area (Å²) in [5.74, 6) is 0.599. The first kappa shape index (κ1) is 16.4. The van der Waals surface area contributed by atoms with E-state index in [1.807, 2.05) is 5.38 Å². The summed E-state index contributed by atoms with van der Waals surface area (Å²) in [7, 11) is 0. The molecule has 0 aromatic carbocycles. The minimum Gasteiger partial charge on any atom is -0.369 e. The fourth-order valence-corrected chi connectivity index (χ4v) is 3.36. The predicted octanol–water partition coefficient (Wildman–Crippen LogP) is 2.78. The molecule has 0 aliphatic heterocycles. The number of rotatable bonds is 8. The van der Waals surface area contributed by atoms with Crippen LogP contribution in [0.4, 0.5) is 0 Å². The van der Waals surface area contributed by atoms with Crippen molar-refractivity contribution in [1.29, 1.82) is 0 Å². The average Bonchev–Trinajstić information content (AvgIpc) is 2.77. The van der Waals surface area contributed by atoms with Gasteiger partial charge in [-0.25, -0.2) is 4.98 Å². The highest BCUT2D eigenvalue weighted by atomic mass is 35.5. The summed E-state index contributed by atoms with van der Waals surface area (Å²) < 4.78 is 0. The topological polar surface area (TPSA) is 59.2 Å². The maximum absolute atomic E-state index is 11.2. The lowest BCUT2D eigenvalue weighted by Crippen LogP contribution is -2.38. The third-order valence-corrected chi connectivity index (χ3v) is 4.05. The molecule has 0 radical (unpaired) electrons. The molecule has 0 aliphatic carbocycles. The van der Waals surface area contributed by atoms with E-state index in [2.05, 4.69) is 30.7 Å². The zero-order valence-corrected chi connectivity index (χ0v) is 13.3. The number of hydrogen-bond donors (Lipinski definition) is 1. The van der Waals surface area contributed by atoms with Crippen LogP contribution in [0.3, 0.4) is 0 Å². The molecular weight excluding hydrogens is 282 g/mol. The summed E-state index contributed by atoms with van der Waals surface area (Å²) >= 11 is 7.39. The number of primary amides is 1. The molecule has 108 valence electrons. The molecule has 0 bridgehead atoms. The third kappa shape index (κ3) is 5.09. The molecule has 1 heterocycles. The number of hydrogen-bond acceptors (Lipinski definition) is 4. The number of amides is 1. The number of aromatic nitrogens is 1. The fraction of sp³-hybridized carbons (Fsp3) is 0.692. The summed E-state index contributed by atoms with van der Waals surface area (Å²) in [4.78, 5) is 17.9. The lowest BCUT2D eigenvalue weighted by Gasteiger charge is -2.30. The normalized spacial score (nSPS) is 13.2. The van der Waals surface area contributed by atoms with Crippen molar-refractivity contribution >= 4 is 28.8 Å². The van der Waals surface area contributed by atoms with Crippen molar-refractivity contribution in [2.45, 2.75) is 39.1 Å². The Morgan fingerprint density at radius 2 is 2.26 bits per heavy atom. The van der Waals surface area contributed by atoms with Gasteiger partial charge in [-0.05, 0) is 12.3 Å². The highest BCUT2D eigenvalue weighted by Gasteiger charge is 2.23. The Labute approximate surface area is 124 Å². The Kier molecular flexibility index (Phi) is 6.75. The minimum absolute atomic E-state index is 0.136. The van der Waals surface area contributed by atoms with Crippen LogP contribution in [-0.2, 0) is 10.7 Å². The zero-order chi connectivity index (χ0) is 14.4. The van der Waals surface area contributed by atoms with Gasteiger partial charge < -0.3 is 5.73 Å². The van der Waals surface area contributed by atoms with Crippen molar-refractivity contribution < 1.29 is 4.79 Å². The molecule has 1 atom stereocenters. The molecule has 1 amide bonds. The van der Waals surface area contributed by atoms with E-state index in [4.69, 9.17) is 17.3 Å². The van der Waals surface area contributed by atoms with Gasteiger partial charge in [-0.15, -0.1) is 22.9 Å². The Morgan fingerprint density at radius 3 is 2.68 bits per heavy atom. The molecule has 1 aromatic rings. The second-order valence-corrected chi connectivity index (χ2v) is 6.18. The van der Waals surface area contributed by atoms with Gasteiger partial charge in [0.05, 0.1) is 24.2 Å². The molecule has 4 nitrogen and oxygen atoms in total. The Bertz CT molecular complexity index is 408. The molecular formula is C13H22ClN3OS. The maximum Gasteiger partial charge on any atom is 0.231 e. The van der Waals surface area contributed by atoms with Gasteiger partial charge in [0.25, 0.3) is 0 Å². The first-order valence-electron chi connectivity index (χ1n) is 6.50. The lowest BCUT2D eigenvalue weighted by molar-refractivity contribution is -0.119. The molecule has 1 unspecified atom stereocenters. The summed E-state index contributed by atoms with van der Waals surface area (Å²) in [6.07, 6.45) is 0.898. The second kappa shape index (κ2) is 7.82. The molecule has 0 aliphatic rings. The number of thiazole rings is 1. The molecule has 0 fully saturated rings. The van der Waals surface area contributed by atoms with E-state index in [9.17, 15) is 4.79 Å². The van der Waals surface area contributed by atoms with Crippen LogP contribution in [0.5, 0.6) is 0 Å². The number of nitrogens with two attached hydrogens (primary N) is 1. The van der Waals surface area contributed by atoms with Gasteiger partial charge >= 0.3 is 0 Å². The standard InChI is InChI=1S/C13H22ClN3OS/c1-4-11(13-16-10(5-14)8-19-13)17(6-9(2)3)7-12(15)18/h8-9,11H,4-7H2,1-3H3,(H2,15,18). The van der Waals surface area contributed by atoms with Crippen molar-refractivity contribution in [1.82, 2.24) is 9.88 Å². The van der Waals surface area contributed by atoms with Gasteiger partial charge in [0.2, 0.25) is 5.91 Å². The predicted molar refractivity (Wildman–Crippen MR) is 80.3 cm³/mol. The van der Waals surface area contributed by atoms with Gasteiger partial charge in [0.1, 0.15) is 5.01 Å². The van der Waals surface area contributed by atoms with E-state index in [-0.39, 0.29) is 18.5 Å². The Balaban J connectivity index is 2.90. The van der Waals surface area contributed by atoms with Crippen LogP contribution in [0.1, 0.15) is 43.9 Å². The van der Waals surface area contributed by atoms with E-state index >= 15 is 0 Å². The van der Waals surface area contributed by atoms with Gasteiger partial charge in [-0.3, -0.25) is 9.69 Å². The molecule has 0 saturated carbocycles. The van der Waals surface area contributed by atoms with Crippen LogP contribution >= 0.6 is 22.9 Å². The average molecular weight is 304 g/mol. The minimum atomic E-state index is -0.298. The molecule has 1 aromatic heterocycles. The molecule has 0 spiro atoms. The quantitative estimate of drug-likeness (QED) is 0.751. The van der Waals surface area contributed by atoms with Gasteiger partial charge in [-0.2, -0.15) is 0 Å². The van der Waals surface area contributed by atoms with Crippen LogP contribution in [0, 0.1) is 5.92 Å². The highest BCUT2D eigenvalue weighted by Crippen LogP contribution is 2.28. The largest absolute Gasteiger partial charge is 0.369 e. The van der Waals surface area contributed by atoms with E-state index in [0.717, 1.165) is 23.7 Å². The van der Waals surface area contributed by atoms with Crippen LogP contribution < -0.4 is 5.73 Å². The van der Waals surface area contributed by atoms with Crippen molar-refractivity contribution in [3.63, 3.8) is 0 Å². The van der Waals surface area contributed by atoms with E-state index < -0.39 is 0 Å². The first-order chi connectivity index (χ1) is 8.97. The summed E-state index contributed by atoms with van der Waals surface area (Å²) in [6, 6.07) is 0.136. The van der Waals surface area contributed by atoms with Gasteiger partial charge in [-0.1, -0.05) is 20.8 Å². The van der Waals surface area contributed by atoms with Crippen LogP contribution in [0.15, 0.2) is 5.38 Å². The molecule has 0 saturated heterocycles. The van der Waals surface area contributed by atoms with E-state index in [1.54, 1.807) is 11.3 Å². The molecule has 1 rings (SSSR count). The number of carbonyl (C=O) groups excluding carboxylic acids is 1. The van der Waals surface area contributed by atoms with Gasteiger partial charge in [0, 0.05) is 11.9 Å². The highest BCUT2D eigenvalue weighted by molar-refractivity contribution is 7.09. The lowest BCUT2D eigenvalue weighted by atomic mass is 10.1. The van der Waals surface area contributed by atoms with E-state index in [0.29, 0.717) is 11.8 Å². The number of carbonyl (C=O) groups is 1. The molecule has 19 heavy (non-hydrogen) atoms. The second-order valence-electron chi connectivity index (χ2n) is 5.02. The number of nitrogens with zero attached hydrogens (tertiary/aromatic N) is 2. The van der Waals surface area contributed by atoms with Crippen molar-refractivity contribution in [2.24, 2.45) is 11.7 Å². The third-order valence-electron chi connectivity index (χ3n) is 2.78. The SMILES string of the molecule is CCC(c1nc(CCl)cs1)N(CC(N)=O)CC(C)C. The monoisotopic (exact) mass is 303 g/mol. The summed E-state index contributed by atoms with van der Waals surface area (Å²) in [5.41, 5.74) is 6.24. The smallest absolute Gasteiger partial charge is 0.231 e. The Morgan fingerprint density at radius 1 is 1.58 bits per heavy atom. The van der Waals surface area contributed by atoms with Crippen molar-refractivity contribution in [3.05, 3.63) is 16.1 Å². The Hall–Kier alpha value is -0.650. The summed E-state index contributed by atoms with van der Waals surface area (Å²) in [5, 5.41) is 2.99. The fourth-order valence-electron chi connectivity index (χ4n) is 2.10. The van der Waals surface area contributed by atoms with Crippen LogP contribution in [-0.4, -0.2) is 28.9 Å². The molecule has 6 heteroatoms. The van der Waals surface area contributed by atoms with Gasteiger partial charge in [0.15, 0.2) is 0 Å². The number of alkyl halides is 1. The molecule has 2 N–H and O–H groups in total. The van der Waals surface area contributed by atoms with Crippen LogP contribution in [0.25, 0.3) is 0 Å².